The number of amides is 1. The highest BCUT2D eigenvalue weighted by Gasteiger charge is 2.50. The predicted molar refractivity (Wildman–Crippen MR) is 136 cm³/mol. The molecule has 1 amide bonds. The van der Waals surface area contributed by atoms with E-state index < -0.39 is 5.97 Å². The second-order valence-corrected chi connectivity index (χ2v) is 11.4. The fraction of sp³-hybridized carbons (Fsp3) is 0.926. The summed E-state index contributed by atoms with van der Waals surface area (Å²) in [5, 5.41) is 10.5. The number of carboxylic acids is 1. The molecule has 0 saturated heterocycles. The third-order valence-corrected chi connectivity index (χ3v) is 8.08. The summed E-state index contributed by atoms with van der Waals surface area (Å²) < 4.78 is 11.1. The van der Waals surface area contributed by atoms with Crippen molar-refractivity contribution in [1.29, 1.82) is 0 Å². The van der Waals surface area contributed by atoms with Gasteiger partial charge in [0.05, 0.1) is 19.8 Å². The van der Waals surface area contributed by atoms with E-state index >= 15 is 0 Å². The molecule has 4 fully saturated rings. The molecule has 4 bridgehead atoms. The van der Waals surface area contributed by atoms with E-state index in [1.165, 1.54) is 57.8 Å². The first-order valence-corrected chi connectivity index (χ1v) is 14.1. The molecule has 0 aliphatic heterocycles. The van der Waals surface area contributed by atoms with E-state index in [1.54, 1.807) is 0 Å². The molecule has 0 aromatic rings. The maximum Gasteiger partial charge on any atom is 0.300 e. The molecule has 4 aliphatic rings. The molecule has 4 aliphatic carbocycles. The minimum Gasteiger partial charge on any atom is -0.481 e. The van der Waals surface area contributed by atoms with Crippen LogP contribution >= 0.6 is 11.6 Å². The van der Waals surface area contributed by atoms with Crippen LogP contribution in [0, 0.1) is 29.1 Å². The third kappa shape index (κ3) is 11.3. The highest BCUT2D eigenvalue weighted by molar-refractivity contribution is 6.17. The van der Waals surface area contributed by atoms with Crippen molar-refractivity contribution in [2.75, 3.05) is 38.9 Å². The minimum atomic E-state index is -0.833. The van der Waals surface area contributed by atoms with Crippen molar-refractivity contribution in [2.45, 2.75) is 90.9 Å². The zero-order valence-corrected chi connectivity index (χ0v) is 22.3. The van der Waals surface area contributed by atoms with E-state index in [1.807, 2.05) is 0 Å². The van der Waals surface area contributed by atoms with Crippen LogP contribution in [0.1, 0.15) is 90.9 Å². The number of nitrogens with one attached hydrogen (secondary N) is 1. The van der Waals surface area contributed by atoms with Gasteiger partial charge < -0.3 is 19.9 Å². The molecule has 0 aromatic carbocycles. The van der Waals surface area contributed by atoms with E-state index in [-0.39, 0.29) is 11.8 Å². The van der Waals surface area contributed by atoms with Crippen LogP contribution in [0.2, 0.25) is 0 Å². The number of aliphatic carboxylic acids is 1. The molecule has 0 aromatic heterocycles. The highest BCUT2D eigenvalue weighted by Crippen LogP contribution is 2.61. The van der Waals surface area contributed by atoms with Crippen molar-refractivity contribution in [2.24, 2.45) is 29.1 Å². The van der Waals surface area contributed by atoms with Gasteiger partial charge in [-0.05, 0) is 87.4 Å². The number of hydrogen-bond acceptors (Lipinski definition) is 4. The average Bonchev–Trinajstić information content (AvgIpc) is 2.77. The molecule has 0 spiro atoms. The molecule has 34 heavy (non-hydrogen) atoms. The van der Waals surface area contributed by atoms with E-state index in [0.29, 0.717) is 31.8 Å². The number of unbranched alkanes of at least 4 members (excludes halogenated alkanes) is 3. The van der Waals surface area contributed by atoms with E-state index in [9.17, 15) is 4.79 Å². The lowest BCUT2D eigenvalue weighted by molar-refractivity contribution is -0.134. The number of alkyl halides is 1. The Balaban J connectivity index is 0.000000945. The highest BCUT2D eigenvalue weighted by atomic mass is 35.5. The second kappa shape index (κ2) is 16.0. The van der Waals surface area contributed by atoms with Gasteiger partial charge >= 0.3 is 0 Å². The average molecular weight is 502 g/mol. The lowest BCUT2D eigenvalue weighted by atomic mass is 9.48. The number of carbonyl (C=O) groups excluding carboxylic acids is 1. The van der Waals surface area contributed by atoms with Crippen molar-refractivity contribution >= 4 is 23.5 Å². The van der Waals surface area contributed by atoms with Crippen molar-refractivity contribution < 1.29 is 24.2 Å². The maximum atomic E-state index is 12.4. The first-order chi connectivity index (χ1) is 16.3. The van der Waals surface area contributed by atoms with Crippen molar-refractivity contribution in [3.8, 4) is 0 Å². The molecule has 4 saturated carbocycles. The molecule has 198 valence electrons. The molecule has 6 nitrogen and oxygen atoms in total. The molecule has 0 radical (unpaired) electrons. The topological polar surface area (TPSA) is 84.9 Å². The Morgan fingerprint density at radius 2 is 1.47 bits per heavy atom. The summed E-state index contributed by atoms with van der Waals surface area (Å²) in [6.07, 6.45) is 15.7. The summed E-state index contributed by atoms with van der Waals surface area (Å²) in [6, 6.07) is 0. The van der Waals surface area contributed by atoms with Gasteiger partial charge in [0, 0.05) is 31.9 Å². The van der Waals surface area contributed by atoms with E-state index in [0.717, 1.165) is 56.4 Å². The van der Waals surface area contributed by atoms with Gasteiger partial charge in [-0.15, -0.1) is 11.6 Å². The maximum absolute atomic E-state index is 12.4. The lowest BCUT2D eigenvalue weighted by Crippen LogP contribution is -2.46. The van der Waals surface area contributed by atoms with Gasteiger partial charge in [-0.3, -0.25) is 9.59 Å². The number of ether oxygens (including phenoxy) is 2. The van der Waals surface area contributed by atoms with Crippen molar-refractivity contribution in [3.05, 3.63) is 0 Å². The van der Waals surface area contributed by atoms with Crippen LogP contribution in [0.25, 0.3) is 0 Å². The Bertz CT molecular complexity index is 560. The Morgan fingerprint density at radius 1 is 0.941 bits per heavy atom. The van der Waals surface area contributed by atoms with Gasteiger partial charge in [0.15, 0.2) is 0 Å². The lowest BCUT2D eigenvalue weighted by Gasteiger charge is -2.57. The van der Waals surface area contributed by atoms with Gasteiger partial charge in [0.1, 0.15) is 0 Å². The first kappa shape index (κ1) is 29.4. The standard InChI is InChI=1S/C25H44ClNO3.C2H4O2/c1-20(6-7-25-17-21-14-22(18-25)16-23(15-21)19-25)24(28)27-9-11-30-13-12-29-10-5-3-2-4-8-26;1-2(3)4/h20-23H,2-19H2,1H3,(H,27,28);1H3,(H,3,4). The molecule has 4 rings (SSSR count). The summed E-state index contributed by atoms with van der Waals surface area (Å²) in [5.74, 6) is 3.22. The Morgan fingerprint density at radius 3 is 2.03 bits per heavy atom. The number of carboxylic acid groups (broad SMARTS) is 1. The molecule has 2 N–H and O–H groups in total. The normalized spacial score (nSPS) is 27.7. The van der Waals surface area contributed by atoms with Crippen molar-refractivity contribution in [1.82, 2.24) is 5.32 Å². The Hall–Kier alpha value is -0.850. The van der Waals surface area contributed by atoms with Gasteiger partial charge in [-0.1, -0.05) is 19.8 Å². The Kier molecular flexibility index (Phi) is 13.8. The van der Waals surface area contributed by atoms with Crippen LogP contribution < -0.4 is 5.32 Å². The Labute approximate surface area is 211 Å². The summed E-state index contributed by atoms with van der Waals surface area (Å²) >= 11 is 5.66. The van der Waals surface area contributed by atoms with Crippen LogP contribution in [0.15, 0.2) is 0 Å². The van der Waals surface area contributed by atoms with Crippen LogP contribution in [-0.4, -0.2) is 55.8 Å². The summed E-state index contributed by atoms with van der Waals surface area (Å²) in [5.41, 5.74) is 0.580. The number of carbonyl (C=O) groups is 2. The molecule has 1 atom stereocenters. The summed E-state index contributed by atoms with van der Waals surface area (Å²) in [6.45, 7) is 6.36. The van der Waals surface area contributed by atoms with Crippen molar-refractivity contribution in [3.63, 3.8) is 0 Å². The number of hydrogen-bond donors (Lipinski definition) is 2. The third-order valence-electron chi connectivity index (χ3n) is 7.81. The van der Waals surface area contributed by atoms with Gasteiger partial charge in [-0.25, -0.2) is 0 Å². The van der Waals surface area contributed by atoms with Crippen LogP contribution in [-0.2, 0) is 19.1 Å². The fourth-order valence-corrected chi connectivity index (χ4v) is 6.83. The van der Waals surface area contributed by atoms with E-state index in [4.69, 9.17) is 31.0 Å². The van der Waals surface area contributed by atoms with Gasteiger partial charge in [-0.2, -0.15) is 0 Å². The molecule has 0 heterocycles. The summed E-state index contributed by atoms with van der Waals surface area (Å²) in [7, 11) is 0. The van der Waals surface area contributed by atoms with E-state index in [2.05, 4.69) is 12.2 Å². The largest absolute Gasteiger partial charge is 0.481 e. The minimum absolute atomic E-state index is 0.111. The smallest absolute Gasteiger partial charge is 0.300 e. The quantitative estimate of drug-likeness (QED) is 0.210. The number of rotatable bonds is 16. The van der Waals surface area contributed by atoms with Crippen LogP contribution in [0.3, 0.4) is 0 Å². The molecular weight excluding hydrogens is 454 g/mol. The van der Waals surface area contributed by atoms with Crippen LogP contribution in [0.4, 0.5) is 0 Å². The number of halogens is 1. The van der Waals surface area contributed by atoms with Gasteiger partial charge in [0.25, 0.3) is 5.97 Å². The molecule has 7 heteroatoms. The molecular formula is C27H48ClNO5. The zero-order valence-electron chi connectivity index (χ0n) is 21.5. The fourth-order valence-electron chi connectivity index (χ4n) is 6.64. The monoisotopic (exact) mass is 501 g/mol. The molecule has 1 unspecified atom stereocenters. The first-order valence-electron chi connectivity index (χ1n) is 13.5. The second-order valence-electron chi connectivity index (χ2n) is 11.0. The van der Waals surface area contributed by atoms with Gasteiger partial charge in [0.2, 0.25) is 5.91 Å². The summed E-state index contributed by atoms with van der Waals surface area (Å²) in [4.78, 5) is 21.4. The zero-order chi connectivity index (χ0) is 24.8. The predicted octanol–water partition coefficient (Wildman–Crippen LogP) is 5.66. The van der Waals surface area contributed by atoms with Crippen LogP contribution in [0.5, 0.6) is 0 Å². The SMILES string of the molecule is CC(=O)O.CC(CCC12CC3CC(CC(C3)C1)C2)C(=O)NCCOCCOCCCCCCCl.